The molecule has 4 rings (SSSR count). The molecule has 1 fully saturated rings. The van der Waals surface area contributed by atoms with Crippen molar-refractivity contribution < 1.29 is 21.6 Å². The average Bonchev–Trinajstić information content (AvgIpc) is 3.04. The van der Waals surface area contributed by atoms with Crippen molar-refractivity contribution in [3.63, 3.8) is 0 Å². The normalized spacial score (nSPS) is 18.8. The molecule has 3 aromatic rings. The third-order valence-corrected chi connectivity index (χ3v) is 6.23. The van der Waals surface area contributed by atoms with Gasteiger partial charge < -0.3 is 5.32 Å². The van der Waals surface area contributed by atoms with Gasteiger partial charge in [-0.15, -0.1) is 0 Å². The minimum atomic E-state index is -4.40. The van der Waals surface area contributed by atoms with Crippen LogP contribution in [0.5, 0.6) is 0 Å². The number of alkyl halides is 3. The van der Waals surface area contributed by atoms with E-state index < -0.39 is 21.8 Å². The van der Waals surface area contributed by atoms with E-state index in [1.165, 1.54) is 12.1 Å². The number of hydrogen-bond donors (Lipinski definition) is 2. The maximum absolute atomic E-state index is 12.8. The van der Waals surface area contributed by atoms with Crippen LogP contribution in [-0.2, 0) is 16.2 Å². The van der Waals surface area contributed by atoms with Crippen LogP contribution in [0.4, 0.5) is 19.0 Å². The molecular weight excluding hydrogens is 405 g/mol. The topological polar surface area (TPSA) is 84.0 Å². The first-order valence-electron chi connectivity index (χ1n) is 8.88. The van der Waals surface area contributed by atoms with E-state index in [-0.39, 0.29) is 11.8 Å². The van der Waals surface area contributed by atoms with Gasteiger partial charge in [-0.2, -0.15) is 13.2 Å². The molecule has 6 nitrogen and oxygen atoms in total. The summed E-state index contributed by atoms with van der Waals surface area (Å²) in [7, 11) is -3.20. The lowest BCUT2D eigenvalue weighted by molar-refractivity contribution is -0.137. The Hall–Kier alpha value is -2.72. The number of nitrogens with one attached hydrogen (secondary N) is 2. The molecule has 152 valence electrons. The van der Waals surface area contributed by atoms with Crippen LogP contribution in [0.25, 0.3) is 22.0 Å². The van der Waals surface area contributed by atoms with E-state index in [2.05, 4.69) is 20.0 Å². The molecule has 0 radical (unpaired) electrons. The summed E-state index contributed by atoms with van der Waals surface area (Å²) in [6.07, 6.45) is -0.730. The third-order valence-electron chi connectivity index (χ3n) is 4.76. The number of aromatic nitrogens is 2. The van der Waals surface area contributed by atoms with Gasteiger partial charge in [-0.25, -0.2) is 18.1 Å². The number of halogens is 3. The Balaban J connectivity index is 1.63. The summed E-state index contributed by atoms with van der Waals surface area (Å²) in [4.78, 5) is 8.78. The summed E-state index contributed by atoms with van der Waals surface area (Å²) in [5, 5.41) is 3.85. The largest absolute Gasteiger partial charge is 0.416 e. The molecule has 1 atom stereocenters. The molecule has 0 amide bonds. The zero-order chi connectivity index (χ0) is 20.6. The Morgan fingerprint density at radius 3 is 2.55 bits per heavy atom. The van der Waals surface area contributed by atoms with Gasteiger partial charge in [-0.3, -0.25) is 4.98 Å². The van der Waals surface area contributed by atoms with Crippen LogP contribution in [0.3, 0.4) is 0 Å². The van der Waals surface area contributed by atoms with Crippen LogP contribution < -0.4 is 10.0 Å². The fraction of sp³-hybridized carbons (Fsp3) is 0.263. The Labute approximate surface area is 165 Å². The van der Waals surface area contributed by atoms with Crippen molar-refractivity contribution >= 4 is 26.7 Å². The number of pyridine rings is 2. The van der Waals surface area contributed by atoms with Gasteiger partial charge in [0.15, 0.2) is 0 Å². The first-order valence-corrected chi connectivity index (χ1v) is 10.5. The van der Waals surface area contributed by atoms with Crippen molar-refractivity contribution in [2.45, 2.75) is 18.6 Å². The SMILES string of the molecule is O=S1(=O)CC[C@H](CNc2ncc(-c3ccc(C(F)(F)F)cc3)c3ncccc23)N1. The van der Waals surface area contributed by atoms with E-state index in [0.717, 1.165) is 12.1 Å². The second-order valence-electron chi connectivity index (χ2n) is 6.80. The lowest BCUT2D eigenvalue weighted by atomic mass is 10.0. The van der Waals surface area contributed by atoms with Crippen molar-refractivity contribution in [2.24, 2.45) is 0 Å². The Kier molecular flexibility index (Phi) is 4.91. The summed E-state index contributed by atoms with van der Waals surface area (Å²) in [6.45, 7) is 0.371. The number of rotatable bonds is 4. The van der Waals surface area contributed by atoms with Crippen molar-refractivity contribution in [3.8, 4) is 11.1 Å². The number of benzene rings is 1. The van der Waals surface area contributed by atoms with Gasteiger partial charge >= 0.3 is 6.18 Å². The molecule has 1 aliphatic rings. The van der Waals surface area contributed by atoms with Gasteiger partial charge in [0.2, 0.25) is 10.0 Å². The number of nitrogens with zero attached hydrogens (tertiary/aromatic N) is 2. The van der Waals surface area contributed by atoms with Gasteiger partial charge in [-0.1, -0.05) is 12.1 Å². The quantitative estimate of drug-likeness (QED) is 0.673. The fourth-order valence-electron chi connectivity index (χ4n) is 3.29. The number of hydrogen-bond acceptors (Lipinski definition) is 5. The molecule has 0 unspecified atom stereocenters. The van der Waals surface area contributed by atoms with Crippen molar-refractivity contribution in [1.82, 2.24) is 14.7 Å². The number of fused-ring (bicyclic) bond motifs is 1. The average molecular weight is 422 g/mol. The fourth-order valence-corrected chi connectivity index (χ4v) is 4.72. The van der Waals surface area contributed by atoms with E-state index in [9.17, 15) is 21.6 Å². The summed E-state index contributed by atoms with van der Waals surface area (Å²) in [5.41, 5.74) is 1.06. The summed E-state index contributed by atoms with van der Waals surface area (Å²) in [5.74, 6) is 0.636. The zero-order valence-electron chi connectivity index (χ0n) is 15.1. The summed E-state index contributed by atoms with van der Waals surface area (Å²) < 4.78 is 64.1. The van der Waals surface area contributed by atoms with Crippen LogP contribution in [0.15, 0.2) is 48.8 Å². The van der Waals surface area contributed by atoms with Crippen molar-refractivity contribution in [3.05, 3.63) is 54.4 Å². The van der Waals surface area contributed by atoms with Gasteiger partial charge in [0.05, 0.1) is 16.8 Å². The van der Waals surface area contributed by atoms with Gasteiger partial charge in [0, 0.05) is 35.9 Å². The highest BCUT2D eigenvalue weighted by Crippen LogP contribution is 2.33. The highest BCUT2D eigenvalue weighted by Gasteiger charge is 2.30. The van der Waals surface area contributed by atoms with E-state index >= 15 is 0 Å². The van der Waals surface area contributed by atoms with Crippen LogP contribution >= 0.6 is 0 Å². The second kappa shape index (κ2) is 7.27. The first-order chi connectivity index (χ1) is 13.7. The van der Waals surface area contributed by atoms with Crippen molar-refractivity contribution in [2.75, 3.05) is 17.6 Å². The predicted molar refractivity (Wildman–Crippen MR) is 104 cm³/mol. The number of sulfonamides is 1. The first kappa shape index (κ1) is 19.6. The Morgan fingerprint density at radius 1 is 1.14 bits per heavy atom. The Morgan fingerprint density at radius 2 is 1.90 bits per heavy atom. The standard InChI is InChI=1S/C19H17F3N4O2S/c20-19(21,22)13-5-3-12(4-6-13)16-11-25-18(15-2-1-8-23-17(15)16)24-10-14-7-9-29(27,28)26-14/h1-6,8,11,14,26H,7,9-10H2,(H,24,25)/t14-/m1/s1. The highest BCUT2D eigenvalue weighted by molar-refractivity contribution is 7.89. The minimum Gasteiger partial charge on any atom is -0.368 e. The van der Waals surface area contributed by atoms with Crippen LogP contribution in [0.1, 0.15) is 12.0 Å². The molecule has 0 saturated carbocycles. The van der Waals surface area contributed by atoms with E-state index in [1.807, 2.05) is 6.07 Å². The molecule has 1 aliphatic heterocycles. The maximum Gasteiger partial charge on any atom is 0.416 e. The number of anilines is 1. The van der Waals surface area contributed by atoms with E-state index in [1.54, 1.807) is 18.5 Å². The third kappa shape index (κ3) is 4.18. The monoisotopic (exact) mass is 422 g/mol. The lowest BCUT2D eigenvalue weighted by Crippen LogP contribution is -2.32. The van der Waals surface area contributed by atoms with Crippen LogP contribution in [-0.4, -0.2) is 36.7 Å². The smallest absolute Gasteiger partial charge is 0.368 e. The van der Waals surface area contributed by atoms with E-state index in [4.69, 9.17) is 0 Å². The minimum absolute atomic E-state index is 0.0991. The van der Waals surface area contributed by atoms with Crippen LogP contribution in [0.2, 0.25) is 0 Å². The van der Waals surface area contributed by atoms with Gasteiger partial charge in [-0.05, 0) is 36.2 Å². The molecular formula is C19H17F3N4O2S. The molecule has 29 heavy (non-hydrogen) atoms. The highest BCUT2D eigenvalue weighted by atomic mass is 32.2. The van der Waals surface area contributed by atoms with Gasteiger partial charge in [0.1, 0.15) is 5.82 Å². The molecule has 0 aliphatic carbocycles. The predicted octanol–water partition coefficient (Wildman–Crippen LogP) is 3.42. The maximum atomic E-state index is 12.8. The molecule has 0 spiro atoms. The van der Waals surface area contributed by atoms with Crippen LogP contribution in [0, 0.1) is 0 Å². The Bertz CT molecular complexity index is 1150. The molecule has 2 N–H and O–H groups in total. The molecule has 10 heteroatoms. The molecule has 0 bridgehead atoms. The lowest BCUT2D eigenvalue weighted by Gasteiger charge is -2.14. The van der Waals surface area contributed by atoms with Crippen molar-refractivity contribution in [1.29, 1.82) is 0 Å². The molecule has 2 aromatic heterocycles. The molecule has 3 heterocycles. The molecule has 1 aromatic carbocycles. The summed E-state index contributed by atoms with van der Waals surface area (Å²) >= 11 is 0. The van der Waals surface area contributed by atoms with Gasteiger partial charge in [0.25, 0.3) is 0 Å². The second-order valence-corrected chi connectivity index (χ2v) is 8.67. The zero-order valence-corrected chi connectivity index (χ0v) is 15.9. The van der Waals surface area contributed by atoms with E-state index in [0.29, 0.717) is 40.8 Å². The summed E-state index contributed by atoms with van der Waals surface area (Å²) in [6, 6.07) is 8.19. The molecule has 1 saturated heterocycles.